The van der Waals surface area contributed by atoms with E-state index in [9.17, 15) is 10.5 Å². The van der Waals surface area contributed by atoms with Crippen molar-refractivity contribution >= 4 is 87.5 Å². The molecular weight excluding hydrogens is 689 g/mol. The van der Waals surface area contributed by atoms with Crippen molar-refractivity contribution in [3.8, 4) is 34.6 Å². The minimum atomic E-state index is 0.524. The first-order chi connectivity index (χ1) is 27.7. The molecule has 0 aliphatic rings. The van der Waals surface area contributed by atoms with Gasteiger partial charge in [0.2, 0.25) is 0 Å². The van der Waals surface area contributed by atoms with E-state index in [4.69, 9.17) is 8.83 Å². The summed E-state index contributed by atoms with van der Waals surface area (Å²) in [6, 6.07) is 58.1. The lowest BCUT2D eigenvalue weighted by Crippen LogP contribution is -2.04. The minimum absolute atomic E-state index is 0.524. The van der Waals surface area contributed by atoms with Gasteiger partial charge in [-0.25, -0.2) is 0 Å². The molecule has 0 radical (unpaired) electrons. The minimum Gasteiger partial charge on any atom is -0.455 e. The smallest absolute Gasteiger partial charge is 0.145 e. The van der Waals surface area contributed by atoms with Gasteiger partial charge in [0, 0.05) is 43.4 Å². The normalized spacial score (nSPS) is 11.9. The highest BCUT2D eigenvalue weighted by Gasteiger charge is 2.25. The summed E-state index contributed by atoms with van der Waals surface area (Å²) in [6.45, 7) is 0. The summed E-state index contributed by atoms with van der Waals surface area (Å²) in [6.07, 6.45) is 0. The predicted octanol–water partition coefficient (Wildman–Crippen LogP) is 13.1. The molecule has 0 fully saturated rings. The van der Waals surface area contributed by atoms with Crippen molar-refractivity contribution in [1.29, 1.82) is 10.5 Å². The Hall–Kier alpha value is -8.06. The van der Waals surface area contributed by atoms with Crippen molar-refractivity contribution in [2.24, 2.45) is 0 Å². The predicted molar refractivity (Wildman–Crippen MR) is 225 cm³/mol. The largest absolute Gasteiger partial charge is 0.455 e. The van der Waals surface area contributed by atoms with E-state index in [2.05, 4.69) is 94.1 Å². The van der Waals surface area contributed by atoms with Gasteiger partial charge in [-0.2, -0.15) is 10.5 Å². The van der Waals surface area contributed by atoms with Crippen molar-refractivity contribution in [1.82, 2.24) is 9.13 Å². The van der Waals surface area contributed by atoms with Crippen LogP contribution in [0.4, 0.5) is 0 Å². The van der Waals surface area contributed by atoms with E-state index in [0.29, 0.717) is 11.1 Å². The van der Waals surface area contributed by atoms with Gasteiger partial charge in [0.15, 0.2) is 0 Å². The van der Waals surface area contributed by atoms with Gasteiger partial charge < -0.3 is 18.0 Å². The molecule has 0 amide bonds. The van der Waals surface area contributed by atoms with Gasteiger partial charge in [-0.1, -0.05) is 91.0 Å². The van der Waals surface area contributed by atoms with Gasteiger partial charge in [0.25, 0.3) is 0 Å². The monoisotopic (exact) mass is 714 g/mol. The molecule has 0 saturated heterocycles. The Morgan fingerprint density at radius 2 is 0.964 bits per heavy atom. The van der Waals surface area contributed by atoms with Crippen LogP contribution in [0.3, 0.4) is 0 Å². The van der Waals surface area contributed by atoms with Crippen molar-refractivity contribution in [2.75, 3.05) is 0 Å². The van der Waals surface area contributed by atoms with Gasteiger partial charge >= 0.3 is 0 Å². The fourth-order valence-corrected chi connectivity index (χ4v) is 9.08. The number of nitriles is 2. The number of para-hydroxylation sites is 5. The zero-order chi connectivity index (χ0) is 37.1. The molecule has 0 aliphatic heterocycles. The third-order valence-corrected chi connectivity index (χ3v) is 11.4. The van der Waals surface area contributed by atoms with Crippen molar-refractivity contribution in [3.63, 3.8) is 0 Å². The Balaban J connectivity index is 1.21. The Kier molecular flexibility index (Phi) is 6.10. The standard InChI is InChI=1S/C50H26N4O2/c51-27-29-20-21-31(43(26-29)53-39-16-5-1-13-37(39)46-41(53)24-22-35-32-11-3-7-18-44(32)55-49(35)46)34-15-9-10-30(28-52)48(34)54-40-17-6-2-14-38(40)47-42(54)25-23-36-33-12-4-8-19-45(33)56-50(36)47/h1-26H. The third kappa shape index (κ3) is 3.97. The fourth-order valence-electron chi connectivity index (χ4n) is 9.08. The van der Waals surface area contributed by atoms with Crippen LogP contribution in [0.1, 0.15) is 11.1 Å². The molecule has 8 aromatic carbocycles. The molecular formula is C50H26N4O2. The van der Waals surface area contributed by atoms with Crippen LogP contribution >= 0.6 is 0 Å². The number of aromatic nitrogens is 2. The number of furan rings is 2. The summed E-state index contributed by atoms with van der Waals surface area (Å²) in [4.78, 5) is 0. The maximum Gasteiger partial charge on any atom is 0.145 e. The van der Waals surface area contributed by atoms with E-state index in [0.717, 1.165) is 110 Å². The van der Waals surface area contributed by atoms with Gasteiger partial charge in [-0.15, -0.1) is 0 Å². The van der Waals surface area contributed by atoms with E-state index in [1.807, 2.05) is 84.9 Å². The zero-order valence-electron chi connectivity index (χ0n) is 29.6. The van der Waals surface area contributed by atoms with Crippen LogP contribution in [0.2, 0.25) is 0 Å². The number of nitrogens with zero attached hydrogens (tertiary/aromatic N) is 4. The first-order valence-electron chi connectivity index (χ1n) is 18.5. The quantitative estimate of drug-likeness (QED) is 0.182. The lowest BCUT2D eigenvalue weighted by Gasteiger charge is -2.19. The first-order valence-corrected chi connectivity index (χ1v) is 18.5. The Labute approximate surface area is 318 Å². The number of fused-ring (bicyclic) bond motifs is 14. The van der Waals surface area contributed by atoms with Crippen LogP contribution in [-0.4, -0.2) is 9.13 Å². The Morgan fingerprint density at radius 1 is 0.411 bits per heavy atom. The lowest BCUT2D eigenvalue weighted by atomic mass is 9.96. The second-order valence-corrected chi connectivity index (χ2v) is 14.2. The molecule has 4 aromatic heterocycles. The van der Waals surface area contributed by atoms with Crippen LogP contribution in [-0.2, 0) is 0 Å². The molecule has 12 rings (SSSR count). The highest BCUT2D eigenvalue weighted by Crippen LogP contribution is 2.46. The van der Waals surface area contributed by atoms with Crippen LogP contribution < -0.4 is 0 Å². The topological polar surface area (TPSA) is 83.7 Å². The van der Waals surface area contributed by atoms with Crippen molar-refractivity contribution in [2.45, 2.75) is 0 Å². The summed E-state index contributed by atoms with van der Waals surface area (Å²) >= 11 is 0. The molecule has 0 N–H and O–H groups in total. The maximum atomic E-state index is 10.8. The average molecular weight is 715 g/mol. The highest BCUT2D eigenvalue weighted by atomic mass is 16.3. The summed E-state index contributed by atoms with van der Waals surface area (Å²) in [5, 5.41) is 29.4. The summed E-state index contributed by atoms with van der Waals surface area (Å²) in [5.41, 5.74) is 11.5. The summed E-state index contributed by atoms with van der Waals surface area (Å²) in [7, 11) is 0. The number of benzene rings is 8. The lowest BCUT2D eigenvalue weighted by molar-refractivity contribution is 0.672. The second kappa shape index (κ2) is 11.2. The van der Waals surface area contributed by atoms with Crippen LogP contribution in [0.25, 0.3) is 110 Å². The molecule has 6 heteroatoms. The number of hydrogen-bond acceptors (Lipinski definition) is 4. The van der Waals surface area contributed by atoms with E-state index in [1.165, 1.54) is 0 Å². The molecule has 0 saturated carbocycles. The number of hydrogen-bond donors (Lipinski definition) is 0. The van der Waals surface area contributed by atoms with Gasteiger partial charge in [0.1, 0.15) is 28.4 Å². The Morgan fingerprint density at radius 3 is 1.57 bits per heavy atom. The van der Waals surface area contributed by atoms with Crippen molar-refractivity contribution in [3.05, 3.63) is 169 Å². The highest BCUT2D eigenvalue weighted by molar-refractivity contribution is 6.25. The van der Waals surface area contributed by atoms with E-state index in [1.54, 1.807) is 0 Å². The molecule has 0 atom stereocenters. The Bertz CT molecular complexity index is 3750. The molecule has 6 nitrogen and oxygen atoms in total. The molecule has 0 aliphatic carbocycles. The van der Waals surface area contributed by atoms with Crippen molar-refractivity contribution < 1.29 is 8.83 Å². The van der Waals surface area contributed by atoms with E-state index < -0.39 is 0 Å². The first kappa shape index (κ1) is 30.4. The SMILES string of the molecule is N#Cc1ccc(-c2cccc(C#N)c2-n2c3ccccc3c3c4oc5ccccc5c4ccc32)c(-n2c3ccccc3c3c4oc5ccccc5c4ccc32)c1. The molecule has 12 aromatic rings. The second-order valence-electron chi connectivity index (χ2n) is 14.2. The molecule has 0 spiro atoms. The maximum absolute atomic E-state index is 10.8. The van der Waals surface area contributed by atoms with E-state index in [-0.39, 0.29) is 0 Å². The zero-order valence-corrected chi connectivity index (χ0v) is 29.6. The molecule has 56 heavy (non-hydrogen) atoms. The molecule has 4 heterocycles. The molecule has 258 valence electrons. The third-order valence-electron chi connectivity index (χ3n) is 11.4. The van der Waals surface area contributed by atoms with Gasteiger partial charge in [0.05, 0.1) is 61.4 Å². The van der Waals surface area contributed by atoms with Crippen LogP contribution in [0.5, 0.6) is 0 Å². The van der Waals surface area contributed by atoms with Gasteiger partial charge in [-0.3, -0.25) is 0 Å². The fraction of sp³-hybridized carbons (Fsp3) is 0. The summed E-state index contributed by atoms with van der Waals surface area (Å²) < 4.78 is 17.6. The van der Waals surface area contributed by atoms with Crippen LogP contribution in [0, 0.1) is 22.7 Å². The molecule has 0 bridgehead atoms. The summed E-state index contributed by atoms with van der Waals surface area (Å²) in [5.74, 6) is 0. The van der Waals surface area contributed by atoms with E-state index >= 15 is 0 Å². The average Bonchev–Trinajstić information content (AvgIpc) is 4.00. The van der Waals surface area contributed by atoms with Crippen LogP contribution in [0.15, 0.2) is 167 Å². The molecule has 0 unspecified atom stereocenters. The number of rotatable bonds is 3. The van der Waals surface area contributed by atoms with Gasteiger partial charge in [-0.05, 0) is 66.7 Å².